The molecule has 0 bridgehead atoms. The van der Waals surface area contributed by atoms with Crippen molar-refractivity contribution in [1.29, 1.82) is 0 Å². The van der Waals surface area contributed by atoms with E-state index in [1.165, 1.54) is 32.1 Å². The van der Waals surface area contributed by atoms with Crippen molar-refractivity contribution in [3.8, 4) is 0 Å². The summed E-state index contributed by atoms with van der Waals surface area (Å²) in [6, 6.07) is 0.0350. The van der Waals surface area contributed by atoms with Crippen LogP contribution in [0.4, 0.5) is 0 Å². The van der Waals surface area contributed by atoms with Crippen molar-refractivity contribution in [2.45, 2.75) is 52.0 Å². The van der Waals surface area contributed by atoms with E-state index in [0.29, 0.717) is 0 Å². The normalized spacial score (nSPS) is 23.0. The SMILES string of the molecule is CCSNC(C=O)C1(C)CCCCC1. The van der Waals surface area contributed by atoms with E-state index in [2.05, 4.69) is 18.6 Å². The van der Waals surface area contributed by atoms with E-state index in [-0.39, 0.29) is 11.5 Å². The number of aldehydes is 1. The van der Waals surface area contributed by atoms with Gasteiger partial charge in [-0.2, -0.15) is 0 Å². The summed E-state index contributed by atoms with van der Waals surface area (Å²) in [7, 11) is 0. The van der Waals surface area contributed by atoms with Crippen molar-refractivity contribution >= 4 is 18.2 Å². The van der Waals surface area contributed by atoms with Gasteiger partial charge in [0.15, 0.2) is 0 Å². The highest BCUT2D eigenvalue weighted by Crippen LogP contribution is 2.38. The van der Waals surface area contributed by atoms with Crippen molar-refractivity contribution < 1.29 is 4.79 Å². The standard InChI is InChI=1S/C11H21NOS/c1-3-14-12-10(9-13)11(2)7-5-4-6-8-11/h9-10,12H,3-8H2,1-2H3. The molecule has 1 saturated carbocycles. The molecule has 0 spiro atoms. The highest BCUT2D eigenvalue weighted by molar-refractivity contribution is 7.97. The second-order valence-corrected chi connectivity index (χ2v) is 5.48. The fourth-order valence-electron chi connectivity index (χ4n) is 2.18. The molecular weight excluding hydrogens is 194 g/mol. The first-order chi connectivity index (χ1) is 6.73. The van der Waals surface area contributed by atoms with Crippen LogP contribution in [0, 0.1) is 5.41 Å². The lowest BCUT2D eigenvalue weighted by Gasteiger charge is -2.38. The summed E-state index contributed by atoms with van der Waals surface area (Å²) in [5, 5.41) is 0. The van der Waals surface area contributed by atoms with Crippen molar-refractivity contribution in [3.63, 3.8) is 0 Å². The predicted molar refractivity (Wildman–Crippen MR) is 62.3 cm³/mol. The van der Waals surface area contributed by atoms with Crippen LogP contribution in [0.5, 0.6) is 0 Å². The lowest BCUT2D eigenvalue weighted by Crippen LogP contribution is -2.43. The predicted octanol–water partition coefficient (Wildman–Crippen LogP) is 2.78. The molecule has 1 atom stereocenters. The first-order valence-electron chi connectivity index (χ1n) is 5.55. The fourth-order valence-corrected chi connectivity index (χ4v) is 2.86. The summed E-state index contributed by atoms with van der Waals surface area (Å²) in [5.74, 6) is 1.01. The molecule has 0 aliphatic heterocycles. The average Bonchev–Trinajstić information content (AvgIpc) is 2.20. The lowest BCUT2D eigenvalue weighted by molar-refractivity contribution is -0.112. The Balaban J connectivity index is 2.51. The van der Waals surface area contributed by atoms with Crippen LogP contribution in [0.15, 0.2) is 0 Å². The molecule has 0 aromatic carbocycles. The van der Waals surface area contributed by atoms with Crippen LogP contribution in [0.2, 0.25) is 0 Å². The molecule has 1 unspecified atom stereocenters. The molecule has 1 aliphatic rings. The quantitative estimate of drug-likeness (QED) is 0.565. The number of nitrogens with one attached hydrogen (secondary N) is 1. The molecule has 1 aliphatic carbocycles. The highest BCUT2D eigenvalue weighted by atomic mass is 32.2. The van der Waals surface area contributed by atoms with Crippen LogP contribution in [-0.4, -0.2) is 18.1 Å². The molecule has 82 valence electrons. The molecule has 2 nitrogen and oxygen atoms in total. The first kappa shape index (κ1) is 12.1. The minimum Gasteiger partial charge on any atom is -0.302 e. The highest BCUT2D eigenvalue weighted by Gasteiger charge is 2.35. The number of hydrogen-bond donors (Lipinski definition) is 1. The van der Waals surface area contributed by atoms with Crippen LogP contribution in [0.1, 0.15) is 46.0 Å². The van der Waals surface area contributed by atoms with Gasteiger partial charge in [-0.05, 0) is 18.3 Å². The molecule has 1 N–H and O–H groups in total. The summed E-state index contributed by atoms with van der Waals surface area (Å²) in [6.07, 6.45) is 7.36. The van der Waals surface area contributed by atoms with E-state index in [9.17, 15) is 4.79 Å². The van der Waals surface area contributed by atoms with E-state index in [0.717, 1.165) is 12.0 Å². The summed E-state index contributed by atoms with van der Waals surface area (Å²) in [4.78, 5) is 11.0. The Labute approximate surface area is 91.4 Å². The summed E-state index contributed by atoms with van der Waals surface area (Å²) < 4.78 is 3.28. The molecule has 0 radical (unpaired) electrons. The molecular formula is C11H21NOS. The molecule has 0 saturated heterocycles. The zero-order chi connectivity index (χ0) is 10.4. The number of carbonyl (C=O) groups is 1. The van der Waals surface area contributed by atoms with Gasteiger partial charge >= 0.3 is 0 Å². The Bertz CT molecular complexity index is 178. The van der Waals surface area contributed by atoms with Gasteiger partial charge in [-0.25, -0.2) is 0 Å². The van der Waals surface area contributed by atoms with Crippen LogP contribution in [-0.2, 0) is 4.79 Å². The van der Waals surface area contributed by atoms with Crippen LogP contribution >= 0.6 is 11.9 Å². The fraction of sp³-hybridized carbons (Fsp3) is 0.909. The van der Waals surface area contributed by atoms with Crippen LogP contribution < -0.4 is 4.72 Å². The van der Waals surface area contributed by atoms with Gasteiger partial charge in [-0.3, -0.25) is 4.72 Å². The van der Waals surface area contributed by atoms with Gasteiger partial charge < -0.3 is 4.79 Å². The largest absolute Gasteiger partial charge is 0.302 e. The monoisotopic (exact) mass is 215 g/mol. The van der Waals surface area contributed by atoms with E-state index < -0.39 is 0 Å². The van der Waals surface area contributed by atoms with Gasteiger partial charge in [0.1, 0.15) is 6.29 Å². The van der Waals surface area contributed by atoms with Gasteiger partial charge in [0.05, 0.1) is 6.04 Å². The Morgan fingerprint density at radius 2 is 2.07 bits per heavy atom. The first-order valence-corrected chi connectivity index (χ1v) is 6.54. The van der Waals surface area contributed by atoms with Gasteiger partial charge in [-0.15, -0.1) is 0 Å². The number of rotatable bonds is 5. The minimum atomic E-state index is 0.0350. The third kappa shape index (κ3) is 2.99. The molecule has 1 rings (SSSR count). The van der Waals surface area contributed by atoms with Crippen molar-refractivity contribution in [1.82, 2.24) is 4.72 Å². The molecule has 1 fully saturated rings. The number of carbonyl (C=O) groups excluding carboxylic acids is 1. The van der Waals surface area contributed by atoms with Crippen LogP contribution in [0.3, 0.4) is 0 Å². The van der Waals surface area contributed by atoms with Crippen LogP contribution in [0.25, 0.3) is 0 Å². The molecule has 0 heterocycles. The second kappa shape index (κ2) is 5.76. The molecule has 0 aromatic heterocycles. The molecule has 3 heteroatoms. The third-order valence-electron chi connectivity index (χ3n) is 3.24. The Morgan fingerprint density at radius 1 is 1.43 bits per heavy atom. The Morgan fingerprint density at radius 3 is 2.57 bits per heavy atom. The van der Waals surface area contributed by atoms with Gasteiger partial charge in [0, 0.05) is 5.75 Å². The van der Waals surface area contributed by atoms with E-state index in [1.54, 1.807) is 11.9 Å². The molecule has 0 aromatic rings. The Kier molecular flexibility index (Phi) is 4.96. The summed E-state index contributed by atoms with van der Waals surface area (Å²) in [5.41, 5.74) is 0.197. The smallest absolute Gasteiger partial charge is 0.138 e. The van der Waals surface area contributed by atoms with Gasteiger partial charge in [-0.1, -0.05) is 45.1 Å². The zero-order valence-corrected chi connectivity index (χ0v) is 10.0. The number of hydrogen-bond acceptors (Lipinski definition) is 3. The summed E-state index contributed by atoms with van der Waals surface area (Å²) in [6.45, 7) is 4.34. The maximum Gasteiger partial charge on any atom is 0.138 e. The minimum absolute atomic E-state index is 0.0350. The molecule has 0 amide bonds. The topological polar surface area (TPSA) is 29.1 Å². The van der Waals surface area contributed by atoms with E-state index in [4.69, 9.17) is 0 Å². The van der Waals surface area contributed by atoms with Crippen molar-refractivity contribution in [2.24, 2.45) is 5.41 Å². The van der Waals surface area contributed by atoms with E-state index in [1.807, 2.05) is 0 Å². The maximum absolute atomic E-state index is 11.0. The third-order valence-corrected chi connectivity index (χ3v) is 3.95. The van der Waals surface area contributed by atoms with Crippen molar-refractivity contribution in [2.75, 3.05) is 5.75 Å². The zero-order valence-electron chi connectivity index (χ0n) is 9.21. The van der Waals surface area contributed by atoms with Gasteiger partial charge in [0.25, 0.3) is 0 Å². The Hall–Kier alpha value is -0.0200. The van der Waals surface area contributed by atoms with E-state index >= 15 is 0 Å². The molecule has 14 heavy (non-hydrogen) atoms. The average molecular weight is 215 g/mol. The second-order valence-electron chi connectivity index (χ2n) is 4.38. The summed E-state index contributed by atoms with van der Waals surface area (Å²) >= 11 is 1.65. The van der Waals surface area contributed by atoms with Gasteiger partial charge in [0.2, 0.25) is 0 Å². The maximum atomic E-state index is 11.0. The van der Waals surface area contributed by atoms with Crippen molar-refractivity contribution in [3.05, 3.63) is 0 Å². The lowest BCUT2D eigenvalue weighted by atomic mass is 9.71.